The third kappa shape index (κ3) is 1.93. The standard InChI is InChI=1S/C8H11N3O3S/c12-7-2-1-5-11(6-7)15(13,14)8-3-4-9-10-8/h3-4H,1-2,5-6H2,(H,9,10). The van der Waals surface area contributed by atoms with Crippen LogP contribution in [0, 0.1) is 0 Å². The first-order chi connectivity index (χ1) is 7.10. The SMILES string of the molecule is O=C1CCCN(S(=O)(=O)c2ccn[nH]2)C1. The number of ketones is 1. The van der Waals surface area contributed by atoms with Crippen LogP contribution in [0.5, 0.6) is 0 Å². The monoisotopic (exact) mass is 229 g/mol. The normalized spacial score (nSPS) is 19.3. The van der Waals surface area contributed by atoms with Crippen molar-refractivity contribution < 1.29 is 13.2 Å². The summed E-state index contributed by atoms with van der Waals surface area (Å²) in [5, 5.41) is 6.02. The Labute approximate surface area is 87.3 Å². The summed E-state index contributed by atoms with van der Waals surface area (Å²) in [6, 6.07) is 1.38. The molecule has 0 spiro atoms. The Hall–Kier alpha value is -1.21. The predicted molar refractivity (Wildman–Crippen MR) is 51.6 cm³/mol. The molecule has 1 saturated heterocycles. The molecule has 0 atom stereocenters. The van der Waals surface area contributed by atoms with Gasteiger partial charge in [0.2, 0.25) is 0 Å². The van der Waals surface area contributed by atoms with Crippen molar-refractivity contribution in [1.82, 2.24) is 14.5 Å². The number of aromatic amines is 1. The van der Waals surface area contributed by atoms with Gasteiger partial charge in [0.15, 0.2) is 5.03 Å². The summed E-state index contributed by atoms with van der Waals surface area (Å²) in [7, 11) is -3.56. The minimum atomic E-state index is -3.56. The van der Waals surface area contributed by atoms with Gasteiger partial charge in [0.25, 0.3) is 10.0 Å². The van der Waals surface area contributed by atoms with Crippen LogP contribution in [0.15, 0.2) is 17.3 Å². The molecular formula is C8H11N3O3S. The van der Waals surface area contributed by atoms with Gasteiger partial charge in [0.05, 0.1) is 12.7 Å². The van der Waals surface area contributed by atoms with Gasteiger partial charge in [-0.2, -0.15) is 9.40 Å². The molecule has 1 aliphatic rings. The number of carbonyl (C=O) groups is 1. The Bertz CT molecular complexity index is 451. The van der Waals surface area contributed by atoms with E-state index in [9.17, 15) is 13.2 Å². The second-order valence-electron chi connectivity index (χ2n) is 3.40. The second-order valence-corrected chi connectivity index (χ2v) is 5.31. The van der Waals surface area contributed by atoms with Crippen LogP contribution in [-0.4, -0.2) is 41.8 Å². The van der Waals surface area contributed by atoms with Crippen molar-refractivity contribution in [2.75, 3.05) is 13.1 Å². The van der Waals surface area contributed by atoms with Gasteiger partial charge in [-0.15, -0.1) is 0 Å². The van der Waals surface area contributed by atoms with Crippen molar-refractivity contribution in [2.45, 2.75) is 17.9 Å². The molecule has 0 amide bonds. The van der Waals surface area contributed by atoms with E-state index in [1.807, 2.05) is 0 Å². The molecule has 2 heterocycles. The van der Waals surface area contributed by atoms with Crippen molar-refractivity contribution in [3.63, 3.8) is 0 Å². The molecule has 15 heavy (non-hydrogen) atoms. The predicted octanol–water partition coefficient (Wildman–Crippen LogP) is -0.237. The van der Waals surface area contributed by atoms with Crippen LogP contribution in [0.4, 0.5) is 0 Å². The fourth-order valence-electron chi connectivity index (χ4n) is 1.54. The highest BCUT2D eigenvalue weighted by Crippen LogP contribution is 2.16. The Morgan fingerprint density at radius 2 is 2.27 bits per heavy atom. The molecule has 1 aromatic heterocycles. The average Bonchev–Trinajstić information content (AvgIpc) is 2.71. The third-order valence-electron chi connectivity index (χ3n) is 2.31. The number of piperidine rings is 1. The van der Waals surface area contributed by atoms with E-state index in [0.717, 1.165) is 0 Å². The lowest BCUT2D eigenvalue weighted by atomic mass is 10.1. The number of H-pyrrole nitrogens is 1. The Kier molecular flexibility index (Phi) is 2.57. The van der Waals surface area contributed by atoms with E-state index >= 15 is 0 Å². The van der Waals surface area contributed by atoms with Gasteiger partial charge in [-0.05, 0) is 12.5 Å². The summed E-state index contributed by atoms with van der Waals surface area (Å²) in [5.74, 6) is -0.0376. The lowest BCUT2D eigenvalue weighted by Crippen LogP contribution is -2.40. The minimum Gasteiger partial charge on any atom is -0.298 e. The molecule has 7 heteroatoms. The lowest BCUT2D eigenvalue weighted by molar-refractivity contribution is -0.120. The molecule has 6 nitrogen and oxygen atoms in total. The highest BCUT2D eigenvalue weighted by molar-refractivity contribution is 7.89. The van der Waals surface area contributed by atoms with Crippen LogP contribution >= 0.6 is 0 Å². The number of nitrogens with zero attached hydrogens (tertiary/aromatic N) is 2. The van der Waals surface area contributed by atoms with Gasteiger partial charge >= 0.3 is 0 Å². The number of sulfonamides is 1. The summed E-state index contributed by atoms with van der Waals surface area (Å²) < 4.78 is 25.0. The van der Waals surface area contributed by atoms with Crippen molar-refractivity contribution in [1.29, 1.82) is 0 Å². The van der Waals surface area contributed by atoms with Crippen LogP contribution in [0.3, 0.4) is 0 Å². The fourth-order valence-corrected chi connectivity index (χ4v) is 2.90. The zero-order chi connectivity index (χ0) is 10.9. The molecule has 1 fully saturated rings. The number of rotatable bonds is 2. The minimum absolute atomic E-state index is 0.0264. The first-order valence-corrected chi connectivity index (χ1v) is 6.06. The molecular weight excluding hydrogens is 218 g/mol. The highest BCUT2D eigenvalue weighted by Gasteiger charge is 2.29. The Morgan fingerprint density at radius 3 is 2.87 bits per heavy atom. The van der Waals surface area contributed by atoms with Crippen molar-refractivity contribution in [2.24, 2.45) is 0 Å². The maximum absolute atomic E-state index is 11.9. The van der Waals surface area contributed by atoms with Gasteiger partial charge in [-0.25, -0.2) is 8.42 Å². The number of Topliss-reactive ketones (excluding diaryl/α,β-unsaturated/α-hetero) is 1. The summed E-state index contributed by atoms with van der Waals surface area (Å²) in [5.41, 5.74) is 0. The summed E-state index contributed by atoms with van der Waals surface area (Å²) in [6.45, 7) is 0.369. The number of aromatic nitrogens is 2. The number of carbonyl (C=O) groups excluding carboxylic acids is 1. The molecule has 0 saturated carbocycles. The van der Waals surface area contributed by atoms with Gasteiger partial charge < -0.3 is 0 Å². The van der Waals surface area contributed by atoms with Crippen LogP contribution in [0.25, 0.3) is 0 Å². The van der Waals surface area contributed by atoms with Gasteiger partial charge in [-0.3, -0.25) is 9.89 Å². The quantitative estimate of drug-likeness (QED) is 0.759. The van der Waals surface area contributed by atoms with E-state index in [0.29, 0.717) is 19.4 Å². The van der Waals surface area contributed by atoms with Crippen LogP contribution in [-0.2, 0) is 14.8 Å². The Balaban J connectivity index is 2.26. The molecule has 0 bridgehead atoms. The summed E-state index contributed by atoms with van der Waals surface area (Å²) >= 11 is 0. The first-order valence-electron chi connectivity index (χ1n) is 4.62. The van der Waals surface area contributed by atoms with E-state index < -0.39 is 10.0 Å². The largest absolute Gasteiger partial charge is 0.298 e. The van der Waals surface area contributed by atoms with Crippen molar-refractivity contribution >= 4 is 15.8 Å². The summed E-state index contributed by atoms with van der Waals surface area (Å²) in [6.07, 6.45) is 2.43. The van der Waals surface area contributed by atoms with Crippen LogP contribution < -0.4 is 0 Å². The van der Waals surface area contributed by atoms with Gasteiger partial charge in [0.1, 0.15) is 5.78 Å². The molecule has 0 aromatic carbocycles. The smallest absolute Gasteiger partial charge is 0.260 e. The van der Waals surface area contributed by atoms with Crippen molar-refractivity contribution in [3.8, 4) is 0 Å². The molecule has 0 aliphatic carbocycles. The molecule has 82 valence electrons. The van der Waals surface area contributed by atoms with E-state index in [2.05, 4.69) is 10.2 Å². The zero-order valence-corrected chi connectivity index (χ0v) is 8.83. The number of hydrogen-bond acceptors (Lipinski definition) is 4. The maximum Gasteiger partial charge on any atom is 0.260 e. The first kappa shape index (κ1) is 10.3. The molecule has 0 unspecified atom stereocenters. The van der Waals surface area contributed by atoms with E-state index in [1.54, 1.807) is 0 Å². The molecule has 2 rings (SSSR count). The third-order valence-corrected chi connectivity index (χ3v) is 4.08. The second kappa shape index (κ2) is 3.74. The van der Waals surface area contributed by atoms with Crippen molar-refractivity contribution in [3.05, 3.63) is 12.3 Å². The molecule has 1 aromatic rings. The number of nitrogens with one attached hydrogen (secondary N) is 1. The molecule has 0 radical (unpaired) electrons. The van der Waals surface area contributed by atoms with Crippen LogP contribution in [0.2, 0.25) is 0 Å². The van der Waals surface area contributed by atoms with E-state index in [1.165, 1.54) is 16.6 Å². The highest BCUT2D eigenvalue weighted by atomic mass is 32.2. The van der Waals surface area contributed by atoms with Crippen LogP contribution in [0.1, 0.15) is 12.8 Å². The van der Waals surface area contributed by atoms with Gasteiger partial charge in [-0.1, -0.05) is 0 Å². The average molecular weight is 229 g/mol. The van der Waals surface area contributed by atoms with E-state index in [-0.39, 0.29) is 17.4 Å². The zero-order valence-electron chi connectivity index (χ0n) is 8.01. The topological polar surface area (TPSA) is 83.1 Å². The Morgan fingerprint density at radius 1 is 1.47 bits per heavy atom. The van der Waals surface area contributed by atoms with Gasteiger partial charge in [0, 0.05) is 13.0 Å². The van der Waals surface area contributed by atoms with E-state index in [4.69, 9.17) is 0 Å². The summed E-state index contributed by atoms with van der Waals surface area (Å²) in [4.78, 5) is 11.2. The fraction of sp³-hybridized carbons (Fsp3) is 0.500. The lowest BCUT2D eigenvalue weighted by Gasteiger charge is -2.23. The molecule has 1 aliphatic heterocycles. The number of hydrogen-bond donors (Lipinski definition) is 1. The molecule has 1 N–H and O–H groups in total. The maximum atomic E-state index is 11.9.